The molecular weight excluding hydrogens is 534 g/mol. The van der Waals surface area contributed by atoms with Gasteiger partial charge in [0.2, 0.25) is 11.8 Å². The van der Waals surface area contributed by atoms with Crippen LogP contribution in [0.3, 0.4) is 0 Å². The molecule has 1 aliphatic carbocycles. The molecule has 0 saturated carbocycles. The van der Waals surface area contributed by atoms with Crippen molar-refractivity contribution < 1.29 is 44.2 Å². The average molecular weight is 561 g/mol. The van der Waals surface area contributed by atoms with Crippen LogP contribution < -0.4 is 10.6 Å². The zero-order valence-corrected chi connectivity index (χ0v) is 19.5. The van der Waals surface area contributed by atoms with Crippen LogP contribution in [-0.4, -0.2) is 42.4 Å². The van der Waals surface area contributed by atoms with Crippen LogP contribution in [-0.2, 0) is 35.4 Å². The first-order valence-electron chi connectivity index (χ1n) is 8.16. The third kappa shape index (κ3) is 10.2. The van der Waals surface area contributed by atoms with Gasteiger partial charge >= 0.3 is 0 Å². The van der Waals surface area contributed by atoms with Crippen LogP contribution in [0.15, 0.2) is 17.7 Å². The van der Waals surface area contributed by atoms with Crippen LogP contribution in [0.2, 0.25) is 0 Å². The minimum atomic E-state index is -1.90. The Hall–Kier alpha value is -1.01. The van der Waals surface area contributed by atoms with Gasteiger partial charge in [-0.05, 0) is 12.7 Å². The molecule has 1 saturated heterocycles. The number of piperidine rings is 1. The summed E-state index contributed by atoms with van der Waals surface area (Å²) < 4.78 is 25.9. The van der Waals surface area contributed by atoms with Crippen molar-refractivity contribution in [1.82, 2.24) is 10.6 Å². The molecule has 3 unspecified atom stereocenters. The molecule has 0 bridgehead atoms. The number of allylic oxidation sites excluding steroid dienone is 2. The molecule has 0 radical (unpaired) electrons. The summed E-state index contributed by atoms with van der Waals surface area (Å²) in [6.07, 6.45) is 2.24. The largest absolute Gasteiger partial charge is 0.394 e. The number of carbonyl (C=O) groups is 3. The third-order valence-electron chi connectivity index (χ3n) is 2.82. The normalized spacial score (nSPS) is 23.1. The summed E-state index contributed by atoms with van der Waals surface area (Å²) >= 11 is 3.53. The Morgan fingerprint density at radius 3 is 2.19 bits per heavy atom. The van der Waals surface area contributed by atoms with Crippen LogP contribution in [0.1, 0.15) is 40.5 Å². The Kier molecular flexibility index (Phi) is 19.9. The molecule has 0 aromatic rings. The minimum absolute atomic E-state index is 0. The van der Waals surface area contributed by atoms with E-state index < -0.39 is 36.1 Å². The second kappa shape index (κ2) is 17.4. The Balaban J connectivity index is -0.000000686. The van der Waals surface area contributed by atoms with E-state index in [1.807, 2.05) is 27.7 Å². The van der Waals surface area contributed by atoms with Crippen molar-refractivity contribution in [2.45, 2.75) is 58.9 Å². The summed E-state index contributed by atoms with van der Waals surface area (Å²) in [5.41, 5.74) is -0.161. The van der Waals surface area contributed by atoms with Crippen LogP contribution in [0.25, 0.3) is 0 Å². The number of carbonyl (C=O) groups excluding carboxylic acids is 3. The standard InChI is InChI=1S/C12H11F2N2O3.2C2H6.CH4S.W/c13-7-2-1-6(5-8(7)14)11(18)15-9-3-4-10(17)16-12(9)19;3*1-2;/h2,5,7-9H,3-4H2,(H,15,18)(H,16,17,19);2*1-2H3;2H,1H3;/q-1;;;;. The molecule has 1 heterocycles. The molecule has 2 rings (SSSR count). The maximum Gasteiger partial charge on any atom is 0.248 e. The Labute approximate surface area is 174 Å². The zero-order chi connectivity index (χ0) is 20.0. The van der Waals surface area contributed by atoms with Crippen molar-refractivity contribution in [2.75, 3.05) is 6.26 Å². The second-order valence-corrected chi connectivity index (χ2v) is 4.26. The molecule has 150 valence electrons. The van der Waals surface area contributed by atoms with Crippen molar-refractivity contribution in [1.29, 1.82) is 0 Å². The molecule has 3 amide bonds. The van der Waals surface area contributed by atoms with Crippen molar-refractivity contribution in [3.05, 3.63) is 23.8 Å². The molecule has 0 spiro atoms. The summed E-state index contributed by atoms with van der Waals surface area (Å²) in [6.45, 7) is 8.00. The van der Waals surface area contributed by atoms with E-state index in [0.717, 1.165) is 12.2 Å². The number of rotatable bonds is 2. The number of thiol groups is 1. The monoisotopic (exact) mass is 561 g/mol. The molecule has 1 fully saturated rings. The van der Waals surface area contributed by atoms with Gasteiger partial charge in [0.15, 0.2) is 0 Å². The first-order valence-corrected chi connectivity index (χ1v) is 9.06. The van der Waals surface area contributed by atoms with Gasteiger partial charge in [-0.3, -0.25) is 19.3 Å². The molecule has 26 heavy (non-hydrogen) atoms. The molecule has 0 aromatic heterocycles. The SMILES string of the molecule is CC.CC.CS.O=C1CCC(NC(=O)C2=CC(F)C(F)C=[C-]2)C(=O)N1.[W]. The topological polar surface area (TPSA) is 75.3 Å². The maximum absolute atomic E-state index is 13.1. The Morgan fingerprint density at radius 2 is 1.73 bits per heavy atom. The number of alkyl halides is 2. The first kappa shape index (κ1) is 29.7. The Morgan fingerprint density at radius 1 is 1.19 bits per heavy atom. The van der Waals surface area contributed by atoms with E-state index in [1.54, 1.807) is 6.26 Å². The zero-order valence-electron chi connectivity index (χ0n) is 15.6. The second-order valence-electron chi connectivity index (χ2n) is 4.26. The number of hydrogen-bond acceptors (Lipinski definition) is 4. The van der Waals surface area contributed by atoms with Gasteiger partial charge < -0.3 is 10.1 Å². The summed E-state index contributed by atoms with van der Waals surface area (Å²) in [4.78, 5) is 34.1. The Bertz CT molecular complexity index is 502. The number of imide groups is 1. The van der Waals surface area contributed by atoms with E-state index in [9.17, 15) is 23.2 Å². The van der Waals surface area contributed by atoms with Gasteiger partial charge in [0, 0.05) is 27.5 Å². The van der Waals surface area contributed by atoms with Crippen molar-refractivity contribution in [3.8, 4) is 0 Å². The first-order chi connectivity index (χ1) is 12.0. The minimum Gasteiger partial charge on any atom is -0.394 e. The van der Waals surface area contributed by atoms with Gasteiger partial charge in [-0.25, -0.2) is 4.39 Å². The quantitative estimate of drug-likeness (QED) is 0.276. The maximum atomic E-state index is 13.1. The smallest absolute Gasteiger partial charge is 0.248 e. The van der Waals surface area contributed by atoms with Crippen LogP contribution in [0.5, 0.6) is 0 Å². The van der Waals surface area contributed by atoms with Gasteiger partial charge in [0.25, 0.3) is 0 Å². The van der Waals surface area contributed by atoms with Crippen LogP contribution >= 0.6 is 12.6 Å². The van der Waals surface area contributed by atoms with Gasteiger partial charge in [-0.1, -0.05) is 27.7 Å². The fourth-order valence-electron chi connectivity index (χ4n) is 1.77. The number of nitrogens with one attached hydrogen (secondary N) is 2. The molecule has 9 heteroatoms. The summed E-state index contributed by atoms with van der Waals surface area (Å²) in [7, 11) is 0. The van der Waals surface area contributed by atoms with Gasteiger partial charge in [-0.2, -0.15) is 18.7 Å². The molecule has 2 aliphatic rings. The molecule has 5 nitrogen and oxygen atoms in total. The van der Waals surface area contributed by atoms with E-state index in [4.69, 9.17) is 0 Å². The fourth-order valence-corrected chi connectivity index (χ4v) is 1.77. The van der Waals surface area contributed by atoms with E-state index in [2.05, 4.69) is 29.3 Å². The number of hydrogen-bond donors (Lipinski definition) is 3. The number of amides is 3. The van der Waals surface area contributed by atoms with Crippen molar-refractivity contribution in [3.63, 3.8) is 0 Å². The van der Waals surface area contributed by atoms with E-state index >= 15 is 0 Å². The molecule has 2 N–H and O–H groups in total. The predicted molar refractivity (Wildman–Crippen MR) is 97.6 cm³/mol. The van der Waals surface area contributed by atoms with Gasteiger partial charge in [0.1, 0.15) is 18.3 Å². The van der Waals surface area contributed by atoms with E-state index in [1.165, 1.54) is 0 Å². The molecule has 0 aromatic carbocycles. The van der Waals surface area contributed by atoms with Crippen molar-refractivity contribution >= 4 is 30.4 Å². The summed E-state index contributed by atoms with van der Waals surface area (Å²) in [5, 5.41) is 4.43. The number of halogens is 2. The van der Waals surface area contributed by atoms with Crippen LogP contribution in [0.4, 0.5) is 8.78 Å². The fraction of sp³-hybridized carbons (Fsp3) is 0.588. The van der Waals surface area contributed by atoms with Crippen LogP contribution in [0, 0.1) is 6.08 Å². The molecule has 3 atom stereocenters. The molecule has 1 aliphatic heterocycles. The third-order valence-corrected chi connectivity index (χ3v) is 2.82. The van der Waals surface area contributed by atoms with Gasteiger partial charge in [-0.15, -0.1) is 17.7 Å². The summed E-state index contributed by atoms with van der Waals surface area (Å²) in [5.74, 6) is -1.73. The van der Waals surface area contributed by atoms with E-state index in [-0.39, 0.29) is 39.5 Å². The average Bonchev–Trinajstić information content (AvgIpc) is 2.65. The summed E-state index contributed by atoms with van der Waals surface area (Å²) in [6, 6.07) is -0.853. The molecular formula is C17H27F2N2O3SW-. The van der Waals surface area contributed by atoms with E-state index in [0.29, 0.717) is 0 Å². The van der Waals surface area contributed by atoms with Gasteiger partial charge in [0.05, 0.1) is 6.04 Å². The predicted octanol–water partition coefficient (Wildman–Crippen LogP) is 2.48. The van der Waals surface area contributed by atoms with Crippen molar-refractivity contribution in [2.24, 2.45) is 0 Å².